The number of hydrogen-bond donors (Lipinski definition) is 0. The Hall–Kier alpha value is 0.730. The summed E-state index contributed by atoms with van der Waals surface area (Å²) >= 11 is 6.92. The third kappa shape index (κ3) is 4.40. The van der Waals surface area contributed by atoms with Crippen molar-refractivity contribution >= 4 is 56.9 Å². The Morgan fingerprint density at radius 3 is 2.65 bits per heavy atom. The van der Waals surface area contributed by atoms with E-state index in [1.54, 1.807) is 0 Å². The number of ether oxygens (including phenoxy) is 1. The second kappa shape index (κ2) is 7.35. The van der Waals surface area contributed by atoms with Gasteiger partial charge in [0, 0.05) is 18.2 Å². The third-order valence-corrected chi connectivity index (χ3v) is 6.97. The average Bonchev–Trinajstić information content (AvgIpc) is 2.72. The molecule has 0 bridgehead atoms. The summed E-state index contributed by atoms with van der Waals surface area (Å²) in [5, 5.41) is 0.762. The van der Waals surface area contributed by atoms with E-state index >= 15 is 0 Å². The number of thioether (sulfide) groups is 1. The molecule has 0 spiro atoms. The highest BCUT2D eigenvalue weighted by Gasteiger charge is 2.22. The number of halogens is 2. The number of allylic oxidation sites excluding steroid dienone is 1. The van der Waals surface area contributed by atoms with Gasteiger partial charge < -0.3 is 4.74 Å². The predicted octanol–water partition coefficient (Wildman–Crippen LogP) is 4.79. The van der Waals surface area contributed by atoms with Gasteiger partial charge in [0.1, 0.15) is 0 Å². The highest BCUT2D eigenvalue weighted by Crippen LogP contribution is 2.41. The topological polar surface area (TPSA) is 9.23 Å². The molecule has 92 valence electrons. The van der Waals surface area contributed by atoms with Gasteiger partial charge in [-0.05, 0) is 34.6 Å². The fourth-order valence-corrected chi connectivity index (χ4v) is 4.95. The molecule has 0 radical (unpaired) electrons. The molecular weight excluding hydrogens is 458 g/mol. The lowest BCUT2D eigenvalue weighted by atomic mass is 10.2. The Morgan fingerprint density at radius 1 is 1.24 bits per heavy atom. The van der Waals surface area contributed by atoms with E-state index in [0.717, 1.165) is 11.9 Å². The van der Waals surface area contributed by atoms with Gasteiger partial charge in [-0.3, -0.25) is 0 Å². The van der Waals surface area contributed by atoms with Crippen LogP contribution in [-0.2, 0) is 11.3 Å². The smallest absolute Gasteiger partial charge is 0.0787 e. The summed E-state index contributed by atoms with van der Waals surface area (Å²) in [6.45, 7) is 1.48. The van der Waals surface area contributed by atoms with E-state index < -0.39 is 0 Å². The Morgan fingerprint density at radius 2 is 2.00 bits per heavy atom. The lowest BCUT2D eigenvalue weighted by Crippen LogP contribution is -1.99. The third-order valence-electron chi connectivity index (χ3n) is 2.54. The van der Waals surface area contributed by atoms with Gasteiger partial charge in [0.2, 0.25) is 0 Å². The summed E-state index contributed by atoms with van der Waals surface area (Å²) in [5.41, 5.74) is 1.25. The van der Waals surface area contributed by atoms with Crippen molar-refractivity contribution < 1.29 is 4.74 Å². The Balaban J connectivity index is 1.78. The molecule has 1 unspecified atom stereocenters. The standard InChI is InChI=1S/C13H14I2OS/c14-7-11-6-12(15)13(17-11)9-16-8-10-4-2-1-3-5-10/h1-5,11H,6-9H2. The Bertz CT molecular complexity index is 392. The van der Waals surface area contributed by atoms with E-state index in [2.05, 4.69) is 69.4 Å². The maximum absolute atomic E-state index is 5.78. The average molecular weight is 472 g/mol. The van der Waals surface area contributed by atoms with Crippen LogP contribution in [0.4, 0.5) is 0 Å². The molecule has 1 atom stereocenters. The normalized spacial score (nSPS) is 20.0. The van der Waals surface area contributed by atoms with Crippen molar-refractivity contribution in [3.05, 3.63) is 44.4 Å². The van der Waals surface area contributed by atoms with Crippen LogP contribution in [0.3, 0.4) is 0 Å². The minimum atomic E-state index is 0.712. The summed E-state index contributed by atoms with van der Waals surface area (Å²) in [4.78, 5) is 1.43. The summed E-state index contributed by atoms with van der Waals surface area (Å²) < 4.78 is 8.49. The molecule has 0 saturated carbocycles. The molecule has 0 saturated heterocycles. The second-order valence-corrected chi connectivity index (χ2v) is 7.48. The zero-order valence-corrected chi connectivity index (χ0v) is 14.5. The van der Waals surface area contributed by atoms with E-state index in [0.29, 0.717) is 6.61 Å². The lowest BCUT2D eigenvalue weighted by molar-refractivity contribution is 0.147. The molecule has 0 amide bonds. The minimum absolute atomic E-state index is 0.712. The molecule has 4 heteroatoms. The monoisotopic (exact) mass is 472 g/mol. The highest BCUT2D eigenvalue weighted by atomic mass is 127. The molecule has 0 fully saturated rings. The quantitative estimate of drug-likeness (QED) is 0.451. The van der Waals surface area contributed by atoms with E-state index in [9.17, 15) is 0 Å². The van der Waals surface area contributed by atoms with Gasteiger partial charge in [0.15, 0.2) is 0 Å². The van der Waals surface area contributed by atoms with Crippen molar-refractivity contribution in [3.8, 4) is 0 Å². The largest absolute Gasteiger partial charge is 0.372 e. The molecule has 1 aromatic rings. The van der Waals surface area contributed by atoms with Crippen LogP contribution in [-0.4, -0.2) is 16.3 Å². The summed E-state index contributed by atoms with van der Waals surface area (Å²) in [6.07, 6.45) is 1.22. The van der Waals surface area contributed by atoms with Gasteiger partial charge in [0.05, 0.1) is 13.2 Å². The summed E-state index contributed by atoms with van der Waals surface area (Å²) in [6, 6.07) is 10.4. The van der Waals surface area contributed by atoms with Crippen LogP contribution >= 0.6 is 56.9 Å². The van der Waals surface area contributed by atoms with Gasteiger partial charge in [-0.2, -0.15) is 0 Å². The van der Waals surface area contributed by atoms with Crippen LogP contribution < -0.4 is 0 Å². The molecular formula is C13H14I2OS. The van der Waals surface area contributed by atoms with Crippen LogP contribution in [0.15, 0.2) is 38.8 Å². The van der Waals surface area contributed by atoms with Crippen molar-refractivity contribution in [2.24, 2.45) is 0 Å². The fourth-order valence-electron chi connectivity index (χ4n) is 1.65. The number of benzene rings is 1. The molecule has 0 aromatic heterocycles. The van der Waals surface area contributed by atoms with Gasteiger partial charge in [0.25, 0.3) is 0 Å². The highest BCUT2D eigenvalue weighted by molar-refractivity contribution is 14.1. The second-order valence-electron chi connectivity index (χ2n) is 3.90. The van der Waals surface area contributed by atoms with Gasteiger partial charge in [-0.1, -0.05) is 52.9 Å². The maximum Gasteiger partial charge on any atom is 0.0787 e. The molecule has 2 rings (SSSR count). The first-order valence-corrected chi connectivity index (χ1v) is 9.00. The van der Waals surface area contributed by atoms with Crippen molar-refractivity contribution in [1.29, 1.82) is 0 Å². The van der Waals surface area contributed by atoms with Crippen LogP contribution in [0.2, 0.25) is 0 Å². The first-order chi connectivity index (χ1) is 8.29. The van der Waals surface area contributed by atoms with Gasteiger partial charge >= 0.3 is 0 Å². The number of hydrogen-bond acceptors (Lipinski definition) is 2. The number of alkyl halides is 1. The van der Waals surface area contributed by atoms with Crippen LogP contribution in [0.1, 0.15) is 12.0 Å². The van der Waals surface area contributed by atoms with Crippen LogP contribution in [0, 0.1) is 0 Å². The zero-order chi connectivity index (χ0) is 12.1. The molecule has 1 aliphatic rings. The van der Waals surface area contributed by atoms with Gasteiger partial charge in [-0.15, -0.1) is 11.8 Å². The molecule has 17 heavy (non-hydrogen) atoms. The SMILES string of the molecule is ICC1CC(I)=C(COCc2ccccc2)S1. The predicted molar refractivity (Wildman–Crippen MR) is 92.0 cm³/mol. The van der Waals surface area contributed by atoms with Crippen LogP contribution in [0.5, 0.6) is 0 Å². The summed E-state index contributed by atoms with van der Waals surface area (Å²) in [7, 11) is 0. The molecule has 0 aliphatic carbocycles. The Labute approximate surface area is 134 Å². The first kappa shape index (κ1) is 14.1. The molecule has 1 aliphatic heterocycles. The maximum atomic E-state index is 5.78. The van der Waals surface area contributed by atoms with Crippen molar-refractivity contribution in [2.45, 2.75) is 18.3 Å². The molecule has 1 nitrogen and oxygen atoms in total. The van der Waals surface area contributed by atoms with E-state index in [1.165, 1.54) is 24.9 Å². The first-order valence-electron chi connectivity index (χ1n) is 5.51. The number of rotatable bonds is 5. The molecule has 1 heterocycles. The van der Waals surface area contributed by atoms with Crippen molar-refractivity contribution in [1.82, 2.24) is 0 Å². The minimum Gasteiger partial charge on any atom is -0.372 e. The van der Waals surface area contributed by atoms with Crippen molar-refractivity contribution in [2.75, 3.05) is 11.0 Å². The summed E-state index contributed by atoms with van der Waals surface area (Å²) in [5.74, 6) is 0. The molecule has 0 N–H and O–H groups in total. The fraction of sp³-hybridized carbons (Fsp3) is 0.385. The molecule has 1 aromatic carbocycles. The van der Waals surface area contributed by atoms with E-state index in [-0.39, 0.29) is 0 Å². The Kier molecular flexibility index (Phi) is 6.12. The zero-order valence-electron chi connectivity index (χ0n) is 9.36. The van der Waals surface area contributed by atoms with E-state index in [1.807, 2.05) is 17.8 Å². The van der Waals surface area contributed by atoms with Crippen molar-refractivity contribution in [3.63, 3.8) is 0 Å². The lowest BCUT2D eigenvalue weighted by Gasteiger charge is -2.07. The van der Waals surface area contributed by atoms with Crippen LogP contribution in [0.25, 0.3) is 0 Å². The van der Waals surface area contributed by atoms with Gasteiger partial charge in [-0.25, -0.2) is 0 Å². The van der Waals surface area contributed by atoms with E-state index in [4.69, 9.17) is 4.74 Å².